The number of amides is 1. The molecular formula is C23H30N4O3S2. The number of nitrogens with one attached hydrogen (secondary N) is 2. The van der Waals surface area contributed by atoms with Gasteiger partial charge in [-0.2, -0.15) is 4.31 Å². The molecule has 1 saturated heterocycles. The first-order valence-electron chi connectivity index (χ1n) is 10.5. The number of benzene rings is 2. The Kier molecular flexibility index (Phi) is 7.22. The van der Waals surface area contributed by atoms with Gasteiger partial charge in [-0.25, -0.2) is 8.42 Å². The predicted molar refractivity (Wildman–Crippen MR) is 134 cm³/mol. The average molecular weight is 475 g/mol. The zero-order valence-electron chi connectivity index (χ0n) is 18.9. The molecule has 32 heavy (non-hydrogen) atoms. The first kappa shape index (κ1) is 24.2. The molecule has 2 aromatic rings. The fourth-order valence-corrected chi connectivity index (χ4v) is 4.60. The molecule has 0 bridgehead atoms. The summed E-state index contributed by atoms with van der Waals surface area (Å²) in [6.45, 7) is 8.38. The fraction of sp³-hybridized carbons (Fsp3) is 0.391. The van der Waals surface area contributed by atoms with E-state index in [1.807, 2.05) is 36.4 Å². The van der Waals surface area contributed by atoms with Crippen LogP contribution in [0.4, 0.5) is 11.4 Å². The summed E-state index contributed by atoms with van der Waals surface area (Å²) in [5, 5.41) is 6.05. The van der Waals surface area contributed by atoms with Crippen molar-refractivity contribution in [3.8, 4) is 0 Å². The molecule has 2 N–H and O–H groups in total. The minimum atomic E-state index is -3.19. The Morgan fingerprint density at radius 1 is 0.969 bits per heavy atom. The van der Waals surface area contributed by atoms with Crippen LogP contribution in [-0.2, 0) is 15.4 Å². The number of carbonyl (C=O) groups is 1. The van der Waals surface area contributed by atoms with Gasteiger partial charge >= 0.3 is 0 Å². The van der Waals surface area contributed by atoms with Gasteiger partial charge in [-0.05, 0) is 47.5 Å². The SMILES string of the molecule is CC(C)(C)c1ccc(C(=O)NC(=S)Nc2ccccc2N2CCN(S(C)(=O)=O)CC2)cc1. The zero-order valence-corrected chi connectivity index (χ0v) is 20.5. The van der Waals surface area contributed by atoms with Crippen LogP contribution in [-0.4, -0.2) is 56.2 Å². The van der Waals surface area contributed by atoms with Crippen LogP contribution in [0.15, 0.2) is 48.5 Å². The van der Waals surface area contributed by atoms with Crippen molar-refractivity contribution in [3.63, 3.8) is 0 Å². The van der Waals surface area contributed by atoms with Crippen LogP contribution in [0.3, 0.4) is 0 Å². The van der Waals surface area contributed by atoms with E-state index in [1.165, 1.54) is 10.6 Å². The van der Waals surface area contributed by atoms with Gasteiger partial charge in [0.05, 0.1) is 17.6 Å². The minimum absolute atomic E-state index is 0.0162. The van der Waals surface area contributed by atoms with Crippen LogP contribution in [0.1, 0.15) is 36.7 Å². The molecule has 3 rings (SSSR count). The Labute approximate surface area is 195 Å². The van der Waals surface area contributed by atoms with E-state index in [1.54, 1.807) is 12.1 Å². The largest absolute Gasteiger partial charge is 0.367 e. The Hall–Kier alpha value is -2.49. The third-order valence-corrected chi connectivity index (χ3v) is 6.95. The first-order valence-corrected chi connectivity index (χ1v) is 12.7. The molecule has 1 fully saturated rings. The van der Waals surface area contributed by atoms with Crippen molar-refractivity contribution in [2.75, 3.05) is 42.7 Å². The van der Waals surface area contributed by atoms with Crippen molar-refractivity contribution >= 4 is 44.6 Å². The van der Waals surface area contributed by atoms with E-state index < -0.39 is 10.0 Å². The van der Waals surface area contributed by atoms with E-state index in [0.717, 1.165) is 16.9 Å². The maximum atomic E-state index is 12.6. The molecule has 0 atom stereocenters. The van der Waals surface area contributed by atoms with Gasteiger partial charge in [0, 0.05) is 31.7 Å². The van der Waals surface area contributed by atoms with Gasteiger partial charge in [-0.15, -0.1) is 0 Å². The Balaban J connectivity index is 1.64. The molecule has 1 aliphatic heterocycles. The smallest absolute Gasteiger partial charge is 0.257 e. The number of hydrogen-bond donors (Lipinski definition) is 2. The van der Waals surface area contributed by atoms with E-state index in [0.29, 0.717) is 31.7 Å². The predicted octanol–water partition coefficient (Wildman–Crippen LogP) is 3.19. The van der Waals surface area contributed by atoms with Gasteiger partial charge in [0.15, 0.2) is 5.11 Å². The molecule has 0 unspecified atom stereocenters. The maximum Gasteiger partial charge on any atom is 0.257 e. The second-order valence-electron chi connectivity index (χ2n) is 8.90. The van der Waals surface area contributed by atoms with Crippen LogP contribution in [0.25, 0.3) is 0 Å². The number of para-hydroxylation sites is 2. The molecule has 1 amide bonds. The molecule has 0 radical (unpaired) electrons. The van der Waals surface area contributed by atoms with E-state index in [9.17, 15) is 13.2 Å². The molecule has 1 heterocycles. The Morgan fingerprint density at radius 2 is 1.56 bits per heavy atom. The van der Waals surface area contributed by atoms with Gasteiger partial charge in [0.25, 0.3) is 5.91 Å². The molecule has 7 nitrogen and oxygen atoms in total. The van der Waals surface area contributed by atoms with Crippen molar-refractivity contribution in [1.82, 2.24) is 9.62 Å². The first-order chi connectivity index (χ1) is 14.9. The molecule has 0 aliphatic carbocycles. The third-order valence-electron chi connectivity index (χ3n) is 5.44. The molecule has 0 aromatic heterocycles. The second-order valence-corrected chi connectivity index (χ2v) is 11.3. The van der Waals surface area contributed by atoms with Gasteiger partial charge < -0.3 is 10.2 Å². The number of anilines is 2. The van der Waals surface area contributed by atoms with Crippen molar-refractivity contribution in [2.24, 2.45) is 0 Å². The summed E-state index contributed by atoms with van der Waals surface area (Å²) in [6.07, 6.45) is 1.23. The van der Waals surface area contributed by atoms with Crippen molar-refractivity contribution < 1.29 is 13.2 Å². The molecule has 2 aromatic carbocycles. The van der Waals surface area contributed by atoms with E-state index in [2.05, 4.69) is 36.3 Å². The van der Waals surface area contributed by atoms with Crippen molar-refractivity contribution in [3.05, 3.63) is 59.7 Å². The van der Waals surface area contributed by atoms with E-state index in [-0.39, 0.29) is 16.4 Å². The van der Waals surface area contributed by atoms with Crippen LogP contribution in [0.2, 0.25) is 0 Å². The number of sulfonamides is 1. The highest BCUT2D eigenvalue weighted by Crippen LogP contribution is 2.27. The van der Waals surface area contributed by atoms with Gasteiger partial charge in [0.1, 0.15) is 0 Å². The topological polar surface area (TPSA) is 81.8 Å². The van der Waals surface area contributed by atoms with E-state index in [4.69, 9.17) is 12.2 Å². The summed E-state index contributed by atoms with van der Waals surface area (Å²) in [7, 11) is -3.19. The Morgan fingerprint density at radius 3 is 2.12 bits per heavy atom. The summed E-state index contributed by atoms with van der Waals surface area (Å²) >= 11 is 5.38. The summed E-state index contributed by atoms with van der Waals surface area (Å²) in [6, 6.07) is 15.1. The number of rotatable bonds is 4. The third kappa shape index (κ3) is 6.05. The number of thiocarbonyl (C=S) groups is 1. The molecule has 0 spiro atoms. The molecule has 1 aliphatic rings. The molecule has 172 valence electrons. The number of nitrogens with zero attached hydrogens (tertiary/aromatic N) is 2. The minimum Gasteiger partial charge on any atom is -0.367 e. The second kappa shape index (κ2) is 9.56. The lowest BCUT2D eigenvalue weighted by atomic mass is 9.87. The molecule has 9 heteroatoms. The highest BCUT2D eigenvalue weighted by Gasteiger charge is 2.24. The lowest BCUT2D eigenvalue weighted by molar-refractivity contribution is 0.0977. The number of carbonyl (C=O) groups excluding carboxylic acids is 1. The normalized spacial score (nSPS) is 15.3. The summed E-state index contributed by atoms with van der Waals surface area (Å²) in [5.41, 5.74) is 3.37. The lowest BCUT2D eigenvalue weighted by Gasteiger charge is -2.35. The highest BCUT2D eigenvalue weighted by atomic mass is 32.2. The highest BCUT2D eigenvalue weighted by molar-refractivity contribution is 7.88. The van der Waals surface area contributed by atoms with Crippen LogP contribution in [0.5, 0.6) is 0 Å². The van der Waals surface area contributed by atoms with Crippen LogP contribution >= 0.6 is 12.2 Å². The van der Waals surface area contributed by atoms with E-state index >= 15 is 0 Å². The quantitative estimate of drug-likeness (QED) is 0.663. The number of hydrogen-bond acceptors (Lipinski definition) is 5. The Bertz CT molecular complexity index is 1080. The average Bonchev–Trinajstić information content (AvgIpc) is 2.73. The fourth-order valence-electron chi connectivity index (χ4n) is 3.57. The van der Waals surface area contributed by atoms with Gasteiger partial charge in [-0.3, -0.25) is 10.1 Å². The molecule has 0 saturated carbocycles. The summed E-state index contributed by atoms with van der Waals surface area (Å²) < 4.78 is 25.0. The molecular weight excluding hydrogens is 444 g/mol. The lowest BCUT2D eigenvalue weighted by Crippen LogP contribution is -2.48. The zero-order chi connectivity index (χ0) is 23.5. The van der Waals surface area contributed by atoms with Gasteiger partial charge in [0.2, 0.25) is 10.0 Å². The summed E-state index contributed by atoms with van der Waals surface area (Å²) in [5.74, 6) is -0.276. The standard InChI is InChI=1S/C23H30N4O3S2/c1-23(2,3)18-11-9-17(10-12-18)21(28)25-22(31)24-19-7-5-6-8-20(19)26-13-15-27(16-14-26)32(4,29)30/h5-12H,13-16H2,1-4H3,(H2,24,25,28,31). The monoisotopic (exact) mass is 474 g/mol. The van der Waals surface area contributed by atoms with Gasteiger partial charge in [-0.1, -0.05) is 45.0 Å². The summed E-state index contributed by atoms with van der Waals surface area (Å²) in [4.78, 5) is 14.7. The van der Waals surface area contributed by atoms with Crippen molar-refractivity contribution in [2.45, 2.75) is 26.2 Å². The van der Waals surface area contributed by atoms with Crippen LogP contribution in [0, 0.1) is 0 Å². The van der Waals surface area contributed by atoms with Crippen LogP contribution < -0.4 is 15.5 Å². The number of piperazine rings is 1. The van der Waals surface area contributed by atoms with Crippen molar-refractivity contribution in [1.29, 1.82) is 0 Å². The maximum absolute atomic E-state index is 12.6.